The summed E-state index contributed by atoms with van der Waals surface area (Å²) in [4.78, 5) is 0. The van der Waals surface area contributed by atoms with E-state index in [1.165, 1.54) is 64.2 Å². The van der Waals surface area contributed by atoms with Gasteiger partial charge in [0.05, 0.1) is 0 Å². The molecule has 0 aliphatic heterocycles. The molecule has 0 amide bonds. The zero-order valence-corrected chi connectivity index (χ0v) is 13.6. The van der Waals surface area contributed by atoms with Gasteiger partial charge in [-0.3, -0.25) is 0 Å². The van der Waals surface area contributed by atoms with Crippen molar-refractivity contribution in [1.29, 1.82) is 0 Å². The summed E-state index contributed by atoms with van der Waals surface area (Å²) in [5, 5.41) is 0. The van der Waals surface area contributed by atoms with E-state index in [9.17, 15) is 0 Å². The summed E-state index contributed by atoms with van der Waals surface area (Å²) in [6, 6.07) is 0. The molecule has 0 N–H and O–H groups in total. The van der Waals surface area contributed by atoms with Gasteiger partial charge in [0.1, 0.15) is 0 Å². The monoisotopic (exact) mass is 252 g/mol. The highest BCUT2D eigenvalue weighted by molar-refractivity contribution is 5.11. The lowest BCUT2D eigenvalue weighted by Crippen LogP contribution is -1.93. The Kier molecular flexibility index (Phi) is 11.6. The fourth-order valence-electron chi connectivity index (χ4n) is 2.54. The molecule has 0 aromatic carbocycles. The van der Waals surface area contributed by atoms with E-state index >= 15 is 0 Å². The molecule has 0 aromatic heterocycles. The van der Waals surface area contributed by atoms with Crippen LogP contribution in [0.3, 0.4) is 0 Å². The van der Waals surface area contributed by atoms with E-state index in [-0.39, 0.29) is 0 Å². The fourth-order valence-corrected chi connectivity index (χ4v) is 2.54. The Morgan fingerprint density at radius 1 is 0.889 bits per heavy atom. The van der Waals surface area contributed by atoms with Gasteiger partial charge in [-0.1, -0.05) is 70.9 Å². The maximum atomic E-state index is 2.38. The summed E-state index contributed by atoms with van der Waals surface area (Å²) < 4.78 is 0. The lowest BCUT2D eigenvalue weighted by atomic mass is 9.95. The number of allylic oxidation sites excluding steroid dienone is 2. The number of rotatable bonds is 11. The SMILES string of the molecule is CCCCCC(CC)=C(C)CCCCC(C)CC. The molecule has 0 saturated carbocycles. The maximum Gasteiger partial charge on any atom is -0.0318 e. The average Bonchev–Trinajstić information content (AvgIpc) is 2.39. The third-order valence-corrected chi connectivity index (χ3v) is 4.31. The van der Waals surface area contributed by atoms with Crippen molar-refractivity contribution in [2.45, 2.75) is 98.8 Å². The predicted molar refractivity (Wildman–Crippen MR) is 85.1 cm³/mol. The van der Waals surface area contributed by atoms with Crippen LogP contribution in [0.4, 0.5) is 0 Å². The van der Waals surface area contributed by atoms with Crippen LogP contribution in [0, 0.1) is 5.92 Å². The van der Waals surface area contributed by atoms with Crippen molar-refractivity contribution in [3.63, 3.8) is 0 Å². The molecule has 1 atom stereocenters. The third-order valence-electron chi connectivity index (χ3n) is 4.31. The first-order valence-electron chi connectivity index (χ1n) is 8.33. The maximum absolute atomic E-state index is 2.38. The molecule has 18 heavy (non-hydrogen) atoms. The summed E-state index contributed by atoms with van der Waals surface area (Å²) in [5.74, 6) is 0.921. The topological polar surface area (TPSA) is 0 Å². The van der Waals surface area contributed by atoms with Crippen LogP contribution < -0.4 is 0 Å². The second-order valence-corrected chi connectivity index (χ2v) is 5.95. The molecule has 0 nitrogen and oxygen atoms in total. The molecule has 0 heteroatoms. The zero-order valence-electron chi connectivity index (χ0n) is 13.6. The molecule has 1 unspecified atom stereocenters. The molecule has 0 radical (unpaired) electrons. The van der Waals surface area contributed by atoms with Gasteiger partial charge in [0.25, 0.3) is 0 Å². The summed E-state index contributed by atoms with van der Waals surface area (Å²) in [7, 11) is 0. The van der Waals surface area contributed by atoms with Crippen molar-refractivity contribution < 1.29 is 0 Å². The quantitative estimate of drug-likeness (QED) is 0.277. The van der Waals surface area contributed by atoms with E-state index in [0.717, 1.165) is 5.92 Å². The van der Waals surface area contributed by atoms with Gasteiger partial charge in [-0.15, -0.1) is 0 Å². The van der Waals surface area contributed by atoms with Gasteiger partial charge in [-0.05, 0) is 44.9 Å². The lowest BCUT2D eigenvalue weighted by Gasteiger charge is -2.12. The summed E-state index contributed by atoms with van der Waals surface area (Å²) in [6.45, 7) is 11.7. The Bertz CT molecular complexity index is 212. The normalized spacial score (nSPS) is 14.5. The molecule has 0 aliphatic rings. The van der Waals surface area contributed by atoms with Crippen LogP contribution >= 0.6 is 0 Å². The first-order valence-corrected chi connectivity index (χ1v) is 8.33. The van der Waals surface area contributed by atoms with Crippen LogP contribution in [0.25, 0.3) is 0 Å². The van der Waals surface area contributed by atoms with Gasteiger partial charge < -0.3 is 0 Å². The molecular weight excluding hydrogens is 216 g/mol. The third kappa shape index (κ3) is 8.78. The minimum absolute atomic E-state index is 0.921. The summed E-state index contributed by atoms with van der Waals surface area (Å²) in [6.07, 6.45) is 13.6. The first-order chi connectivity index (χ1) is 8.65. The Morgan fingerprint density at radius 3 is 2.11 bits per heavy atom. The van der Waals surface area contributed by atoms with Gasteiger partial charge in [-0.25, -0.2) is 0 Å². The Balaban J connectivity index is 3.88. The van der Waals surface area contributed by atoms with Gasteiger partial charge in [0.2, 0.25) is 0 Å². The molecular formula is C18H36. The molecule has 0 heterocycles. The van der Waals surface area contributed by atoms with E-state index in [0.29, 0.717) is 0 Å². The number of hydrogen-bond acceptors (Lipinski definition) is 0. The van der Waals surface area contributed by atoms with Crippen LogP contribution in [0.1, 0.15) is 98.8 Å². The Hall–Kier alpha value is -0.260. The van der Waals surface area contributed by atoms with E-state index in [4.69, 9.17) is 0 Å². The van der Waals surface area contributed by atoms with Crippen molar-refractivity contribution in [3.8, 4) is 0 Å². The van der Waals surface area contributed by atoms with E-state index in [2.05, 4.69) is 34.6 Å². The largest absolute Gasteiger partial charge is 0.0741 e. The molecule has 108 valence electrons. The minimum Gasteiger partial charge on any atom is -0.0741 e. The molecule has 0 saturated heterocycles. The second-order valence-electron chi connectivity index (χ2n) is 5.95. The Labute approximate surface area is 116 Å². The van der Waals surface area contributed by atoms with Crippen molar-refractivity contribution in [2.24, 2.45) is 5.92 Å². The first kappa shape index (κ1) is 17.7. The summed E-state index contributed by atoms with van der Waals surface area (Å²) in [5.41, 5.74) is 3.43. The number of unbranched alkanes of at least 4 members (excludes halogenated alkanes) is 3. The smallest absolute Gasteiger partial charge is 0.0318 e. The van der Waals surface area contributed by atoms with Crippen molar-refractivity contribution in [2.75, 3.05) is 0 Å². The van der Waals surface area contributed by atoms with E-state index in [1.54, 1.807) is 11.1 Å². The van der Waals surface area contributed by atoms with E-state index in [1.807, 2.05) is 0 Å². The van der Waals surface area contributed by atoms with Crippen molar-refractivity contribution in [3.05, 3.63) is 11.1 Å². The minimum atomic E-state index is 0.921. The number of hydrogen-bond donors (Lipinski definition) is 0. The van der Waals surface area contributed by atoms with Gasteiger partial charge in [0.15, 0.2) is 0 Å². The van der Waals surface area contributed by atoms with Crippen LogP contribution in [-0.2, 0) is 0 Å². The van der Waals surface area contributed by atoms with Crippen LogP contribution in [-0.4, -0.2) is 0 Å². The molecule has 0 bridgehead atoms. The standard InChI is InChI=1S/C18H36/c1-6-9-10-15-18(8-3)17(5)14-12-11-13-16(4)7-2/h16H,6-15H2,1-5H3. The van der Waals surface area contributed by atoms with E-state index < -0.39 is 0 Å². The highest BCUT2D eigenvalue weighted by atomic mass is 14.1. The molecule has 0 fully saturated rings. The lowest BCUT2D eigenvalue weighted by molar-refractivity contribution is 0.484. The van der Waals surface area contributed by atoms with Gasteiger partial charge in [0, 0.05) is 0 Å². The fraction of sp³-hybridized carbons (Fsp3) is 0.889. The predicted octanol–water partition coefficient (Wildman–Crippen LogP) is 6.90. The summed E-state index contributed by atoms with van der Waals surface area (Å²) >= 11 is 0. The molecule has 0 aliphatic carbocycles. The molecule has 0 rings (SSSR count). The van der Waals surface area contributed by atoms with Crippen molar-refractivity contribution >= 4 is 0 Å². The van der Waals surface area contributed by atoms with Crippen LogP contribution in [0.2, 0.25) is 0 Å². The average molecular weight is 252 g/mol. The zero-order chi connectivity index (χ0) is 13.8. The van der Waals surface area contributed by atoms with Gasteiger partial charge in [-0.2, -0.15) is 0 Å². The van der Waals surface area contributed by atoms with Crippen LogP contribution in [0.15, 0.2) is 11.1 Å². The Morgan fingerprint density at radius 2 is 1.56 bits per heavy atom. The van der Waals surface area contributed by atoms with Crippen molar-refractivity contribution in [1.82, 2.24) is 0 Å². The van der Waals surface area contributed by atoms with Gasteiger partial charge >= 0.3 is 0 Å². The second kappa shape index (κ2) is 11.8. The highest BCUT2D eigenvalue weighted by Gasteiger charge is 2.02. The van der Waals surface area contributed by atoms with Crippen LogP contribution in [0.5, 0.6) is 0 Å². The molecule has 0 spiro atoms. The molecule has 0 aromatic rings. The highest BCUT2D eigenvalue weighted by Crippen LogP contribution is 2.22.